The summed E-state index contributed by atoms with van der Waals surface area (Å²) >= 11 is 9.49. The SMILES string of the molecule is CSCCC(C)N(C)C(=O)c1cc(S)ccc1Br. The van der Waals surface area contributed by atoms with Crippen LogP contribution in [0, 0.1) is 0 Å². The normalized spacial score (nSPS) is 12.3. The number of rotatable bonds is 5. The Labute approximate surface area is 127 Å². The van der Waals surface area contributed by atoms with E-state index in [0.717, 1.165) is 21.5 Å². The molecule has 1 unspecified atom stereocenters. The number of hydrogen-bond donors (Lipinski definition) is 1. The summed E-state index contributed by atoms with van der Waals surface area (Å²) in [6.07, 6.45) is 3.08. The fraction of sp³-hybridized carbons (Fsp3) is 0.462. The third-order valence-corrected chi connectivity index (χ3v) is 4.52. The summed E-state index contributed by atoms with van der Waals surface area (Å²) in [4.78, 5) is 15.0. The highest BCUT2D eigenvalue weighted by Gasteiger charge is 2.19. The molecule has 0 fully saturated rings. The predicted molar refractivity (Wildman–Crippen MR) is 85.9 cm³/mol. The van der Waals surface area contributed by atoms with Crippen molar-refractivity contribution in [1.82, 2.24) is 4.90 Å². The number of benzene rings is 1. The fourth-order valence-electron chi connectivity index (χ4n) is 1.55. The summed E-state index contributed by atoms with van der Waals surface area (Å²) < 4.78 is 0.814. The lowest BCUT2D eigenvalue weighted by Crippen LogP contribution is -2.35. The van der Waals surface area contributed by atoms with Crippen molar-refractivity contribution in [3.63, 3.8) is 0 Å². The number of carbonyl (C=O) groups is 1. The second-order valence-corrected chi connectivity index (χ2v) is 6.57. The van der Waals surface area contributed by atoms with Crippen LogP contribution in [0.4, 0.5) is 0 Å². The number of thioether (sulfide) groups is 1. The summed E-state index contributed by atoms with van der Waals surface area (Å²) in [5, 5.41) is 0. The Kier molecular flexibility index (Phi) is 6.60. The predicted octanol–water partition coefficient (Wildman–Crippen LogP) is 3.95. The minimum Gasteiger partial charge on any atom is -0.339 e. The van der Waals surface area contributed by atoms with Crippen LogP contribution < -0.4 is 0 Å². The Bertz CT molecular complexity index is 425. The Morgan fingerprint density at radius 3 is 2.83 bits per heavy atom. The van der Waals surface area contributed by atoms with E-state index in [9.17, 15) is 4.79 Å². The second kappa shape index (κ2) is 7.46. The van der Waals surface area contributed by atoms with Crippen LogP contribution in [0.15, 0.2) is 27.6 Å². The molecule has 18 heavy (non-hydrogen) atoms. The molecule has 2 nitrogen and oxygen atoms in total. The highest BCUT2D eigenvalue weighted by molar-refractivity contribution is 9.10. The molecule has 0 saturated heterocycles. The van der Waals surface area contributed by atoms with Crippen molar-refractivity contribution >= 4 is 46.2 Å². The summed E-state index contributed by atoms with van der Waals surface area (Å²) in [7, 11) is 1.85. The molecule has 1 aromatic rings. The lowest BCUT2D eigenvalue weighted by Gasteiger charge is -2.25. The largest absolute Gasteiger partial charge is 0.339 e. The Morgan fingerprint density at radius 2 is 2.22 bits per heavy atom. The van der Waals surface area contributed by atoms with E-state index in [1.807, 2.05) is 19.2 Å². The minimum atomic E-state index is 0.0337. The quantitative estimate of drug-likeness (QED) is 0.813. The Hall–Kier alpha value is -0.130. The molecular formula is C13H18BrNOS2. The maximum atomic E-state index is 12.4. The lowest BCUT2D eigenvalue weighted by molar-refractivity contribution is 0.0740. The van der Waals surface area contributed by atoms with Gasteiger partial charge in [-0.25, -0.2) is 0 Å². The van der Waals surface area contributed by atoms with Gasteiger partial charge in [0.25, 0.3) is 5.91 Å². The van der Waals surface area contributed by atoms with Crippen LogP contribution in [0.25, 0.3) is 0 Å². The fourth-order valence-corrected chi connectivity index (χ4v) is 2.75. The van der Waals surface area contributed by atoms with Gasteiger partial charge in [0.2, 0.25) is 0 Å². The average molecular weight is 348 g/mol. The molecule has 0 saturated carbocycles. The van der Waals surface area contributed by atoms with Gasteiger partial charge in [-0.2, -0.15) is 11.8 Å². The third-order valence-electron chi connectivity index (χ3n) is 2.90. The van der Waals surface area contributed by atoms with Gasteiger partial charge in [0, 0.05) is 22.5 Å². The van der Waals surface area contributed by atoms with Crippen LogP contribution >= 0.6 is 40.3 Å². The zero-order chi connectivity index (χ0) is 13.7. The molecule has 100 valence electrons. The number of hydrogen-bond acceptors (Lipinski definition) is 3. The van der Waals surface area contributed by atoms with Gasteiger partial charge in [-0.15, -0.1) is 12.6 Å². The third kappa shape index (κ3) is 4.21. The van der Waals surface area contributed by atoms with E-state index < -0.39 is 0 Å². The van der Waals surface area contributed by atoms with Crippen molar-refractivity contribution in [3.8, 4) is 0 Å². The molecule has 1 rings (SSSR count). The molecule has 0 bridgehead atoms. The van der Waals surface area contributed by atoms with Crippen LogP contribution in [-0.4, -0.2) is 35.9 Å². The molecule has 0 heterocycles. The van der Waals surface area contributed by atoms with E-state index in [0.29, 0.717) is 5.56 Å². The van der Waals surface area contributed by atoms with Crippen molar-refractivity contribution in [2.75, 3.05) is 19.1 Å². The molecule has 0 aliphatic carbocycles. The van der Waals surface area contributed by atoms with E-state index in [4.69, 9.17) is 0 Å². The molecular weight excluding hydrogens is 330 g/mol. The molecule has 5 heteroatoms. The first-order valence-corrected chi connectivity index (χ1v) is 8.35. The van der Waals surface area contributed by atoms with Crippen molar-refractivity contribution in [2.24, 2.45) is 0 Å². The molecule has 1 atom stereocenters. The standard InChI is InChI=1S/C13H18BrNOS2/c1-9(6-7-18-3)15(2)13(16)11-8-10(17)4-5-12(11)14/h4-5,8-9,17H,6-7H2,1-3H3. The molecule has 1 aromatic carbocycles. The van der Waals surface area contributed by atoms with Crippen LogP contribution in [0.1, 0.15) is 23.7 Å². The highest BCUT2D eigenvalue weighted by atomic mass is 79.9. The molecule has 0 aliphatic rings. The van der Waals surface area contributed by atoms with Crippen LogP contribution in [0.2, 0.25) is 0 Å². The average Bonchev–Trinajstić information content (AvgIpc) is 2.37. The van der Waals surface area contributed by atoms with Gasteiger partial charge in [-0.3, -0.25) is 4.79 Å². The van der Waals surface area contributed by atoms with E-state index >= 15 is 0 Å². The van der Waals surface area contributed by atoms with Crippen molar-refractivity contribution in [3.05, 3.63) is 28.2 Å². The molecule has 0 aromatic heterocycles. The molecule has 1 amide bonds. The number of nitrogens with zero attached hydrogens (tertiary/aromatic N) is 1. The zero-order valence-corrected chi connectivity index (χ0v) is 14.1. The van der Waals surface area contributed by atoms with E-state index in [1.165, 1.54) is 0 Å². The van der Waals surface area contributed by atoms with Gasteiger partial charge in [0.15, 0.2) is 0 Å². The lowest BCUT2D eigenvalue weighted by atomic mass is 10.1. The van der Waals surface area contributed by atoms with Gasteiger partial charge < -0.3 is 4.90 Å². The Morgan fingerprint density at radius 1 is 1.56 bits per heavy atom. The van der Waals surface area contributed by atoms with E-state index in [1.54, 1.807) is 22.7 Å². The molecule has 0 radical (unpaired) electrons. The molecule has 0 spiro atoms. The maximum absolute atomic E-state index is 12.4. The van der Waals surface area contributed by atoms with Gasteiger partial charge >= 0.3 is 0 Å². The first kappa shape index (κ1) is 15.9. The summed E-state index contributed by atoms with van der Waals surface area (Å²) in [5.41, 5.74) is 0.668. The monoisotopic (exact) mass is 347 g/mol. The highest BCUT2D eigenvalue weighted by Crippen LogP contribution is 2.22. The van der Waals surface area contributed by atoms with Gasteiger partial charge in [0.05, 0.1) is 5.56 Å². The van der Waals surface area contributed by atoms with Crippen molar-refractivity contribution in [2.45, 2.75) is 24.3 Å². The zero-order valence-electron chi connectivity index (χ0n) is 10.8. The number of halogens is 1. The minimum absolute atomic E-state index is 0.0337. The number of thiol groups is 1. The van der Waals surface area contributed by atoms with Gasteiger partial charge in [0.1, 0.15) is 0 Å². The van der Waals surface area contributed by atoms with Crippen LogP contribution in [-0.2, 0) is 0 Å². The first-order valence-electron chi connectivity index (χ1n) is 5.72. The second-order valence-electron chi connectivity index (χ2n) is 4.21. The summed E-state index contributed by atoms with van der Waals surface area (Å²) in [6.45, 7) is 2.08. The van der Waals surface area contributed by atoms with Gasteiger partial charge in [-0.05, 0) is 59.5 Å². The first-order chi connectivity index (χ1) is 8.47. The molecule has 0 N–H and O–H groups in total. The summed E-state index contributed by atoms with van der Waals surface area (Å²) in [6, 6.07) is 5.75. The van der Waals surface area contributed by atoms with Crippen molar-refractivity contribution < 1.29 is 4.79 Å². The Balaban J connectivity index is 2.82. The van der Waals surface area contributed by atoms with Crippen LogP contribution in [0.3, 0.4) is 0 Å². The van der Waals surface area contributed by atoms with E-state index in [-0.39, 0.29) is 11.9 Å². The number of carbonyl (C=O) groups excluding carboxylic acids is 1. The van der Waals surface area contributed by atoms with E-state index in [2.05, 4.69) is 41.7 Å². The smallest absolute Gasteiger partial charge is 0.255 e. The van der Waals surface area contributed by atoms with Crippen LogP contribution in [0.5, 0.6) is 0 Å². The topological polar surface area (TPSA) is 20.3 Å². The molecule has 0 aliphatic heterocycles. The van der Waals surface area contributed by atoms with Gasteiger partial charge in [-0.1, -0.05) is 0 Å². The maximum Gasteiger partial charge on any atom is 0.255 e. The summed E-state index contributed by atoms with van der Waals surface area (Å²) in [5.74, 6) is 1.10. The van der Waals surface area contributed by atoms with Crippen molar-refractivity contribution in [1.29, 1.82) is 0 Å². The number of amides is 1.